The SMILES string of the molecule is COc1ccc(NC(=O)C[NH+](C)CCOc2ccccc2)c([N+](=O)[O-])c1. The normalized spacial score (nSPS) is 11.5. The first-order valence-corrected chi connectivity index (χ1v) is 8.11. The third kappa shape index (κ3) is 5.75. The van der Waals surface area contributed by atoms with Crippen molar-refractivity contribution in [2.24, 2.45) is 0 Å². The van der Waals surface area contributed by atoms with Crippen molar-refractivity contribution in [1.82, 2.24) is 0 Å². The van der Waals surface area contributed by atoms with E-state index in [1.54, 1.807) is 6.07 Å². The third-order valence-corrected chi connectivity index (χ3v) is 3.68. The van der Waals surface area contributed by atoms with E-state index in [4.69, 9.17) is 9.47 Å². The molecule has 0 bridgehead atoms. The predicted molar refractivity (Wildman–Crippen MR) is 96.8 cm³/mol. The lowest BCUT2D eigenvalue weighted by molar-refractivity contribution is -0.871. The number of nitro benzene ring substituents is 1. The minimum atomic E-state index is -0.553. The van der Waals surface area contributed by atoms with Gasteiger partial charge in [0.2, 0.25) is 0 Å². The molecule has 0 radical (unpaired) electrons. The fraction of sp³-hybridized carbons (Fsp3) is 0.278. The van der Waals surface area contributed by atoms with Gasteiger partial charge in [-0.1, -0.05) is 18.2 Å². The number of quaternary nitrogens is 1. The number of methoxy groups -OCH3 is 1. The number of hydrogen-bond acceptors (Lipinski definition) is 5. The molecule has 0 fully saturated rings. The van der Waals surface area contributed by atoms with Gasteiger partial charge >= 0.3 is 0 Å². The largest absolute Gasteiger partial charge is 0.496 e. The van der Waals surface area contributed by atoms with Crippen molar-refractivity contribution < 1.29 is 24.1 Å². The summed E-state index contributed by atoms with van der Waals surface area (Å²) >= 11 is 0. The molecular weight excluding hydrogens is 338 g/mol. The van der Waals surface area contributed by atoms with E-state index in [0.29, 0.717) is 18.9 Å². The first kappa shape index (κ1) is 19.2. The number of nitrogens with one attached hydrogen (secondary N) is 2. The number of benzene rings is 2. The lowest BCUT2D eigenvalue weighted by atomic mass is 10.2. The van der Waals surface area contributed by atoms with Crippen LogP contribution in [0.4, 0.5) is 11.4 Å². The summed E-state index contributed by atoms with van der Waals surface area (Å²) in [6, 6.07) is 13.7. The van der Waals surface area contributed by atoms with Gasteiger partial charge in [0.25, 0.3) is 11.6 Å². The van der Waals surface area contributed by atoms with Crippen molar-refractivity contribution in [2.75, 3.05) is 39.2 Å². The van der Waals surface area contributed by atoms with Gasteiger partial charge in [-0.15, -0.1) is 0 Å². The van der Waals surface area contributed by atoms with Crippen LogP contribution in [0.1, 0.15) is 0 Å². The minimum Gasteiger partial charge on any atom is -0.496 e. The van der Waals surface area contributed by atoms with Crippen LogP contribution in [0, 0.1) is 10.1 Å². The Bertz CT molecular complexity index is 752. The molecule has 0 spiro atoms. The number of para-hydroxylation sites is 1. The second-order valence-electron chi connectivity index (χ2n) is 5.73. The van der Waals surface area contributed by atoms with Crippen molar-refractivity contribution in [2.45, 2.75) is 0 Å². The molecule has 8 heteroatoms. The van der Waals surface area contributed by atoms with E-state index >= 15 is 0 Å². The number of anilines is 1. The summed E-state index contributed by atoms with van der Waals surface area (Å²) in [6.45, 7) is 1.25. The molecule has 26 heavy (non-hydrogen) atoms. The van der Waals surface area contributed by atoms with E-state index in [1.165, 1.54) is 19.2 Å². The standard InChI is InChI=1S/C18H21N3O5/c1-20(10-11-26-14-6-4-3-5-7-14)13-18(22)19-16-9-8-15(25-2)12-17(16)21(23)24/h3-9,12H,10-11,13H2,1-2H3,(H,19,22)/p+1. The van der Waals surface area contributed by atoms with Gasteiger partial charge in [-0.2, -0.15) is 0 Å². The molecule has 1 unspecified atom stereocenters. The number of rotatable bonds is 9. The van der Waals surface area contributed by atoms with E-state index < -0.39 is 4.92 Å². The fourth-order valence-corrected chi connectivity index (χ4v) is 2.31. The Balaban J connectivity index is 1.85. The number of nitrogens with zero attached hydrogens (tertiary/aromatic N) is 1. The molecule has 0 aliphatic carbocycles. The monoisotopic (exact) mass is 360 g/mol. The summed E-state index contributed by atoms with van der Waals surface area (Å²) in [5.74, 6) is 0.824. The molecule has 0 saturated heterocycles. The van der Waals surface area contributed by atoms with Gasteiger partial charge in [0.15, 0.2) is 6.54 Å². The van der Waals surface area contributed by atoms with Crippen LogP contribution < -0.4 is 19.7 Å². The van der Waals surface area contributed by atoms with Gasteiger partial charge in [0, 0.05) is 0 Å². The topological polar surface area (TPSA) is 95.1 Å². The van der Waals surface area contributed by atoms with E-state index in [9.17, 15) is 14.9 Å². The quantitative estimate of drug-likeness (QED) is 0.516. The van der Waals surface area contributed by atoms with Crippen LogP contribution in [0.5, 0.6) is 11.5 Å². The molecule has 0 aliphatic heterocycles. The molecule has 2 aromatic rings. The van der Waals surface area contributed by atoms with Crippen LogP contribution in [0.2, 0.25) is 0 Å². The van der Waals surface area contributed by atoms with E-state index in [1.807, 2.05) is 37.4 Å². The molecule has 8 nitrogen and oxygen atoms in total. The van der Waals surface area contributed by atoms with Crippen molar-refractivity contribution in [3.63, 3.8) is 0 Å². The number of likely N-dealkylation sites (N-methyl/N-ethyl adjacent to an activating group) is 1. The average molecular weight is 360 g/mol. The molecular formula is C18H22N3O5+. The second kappa shape index (κ2) is 9.38. The molecule has 1 atom stereocenters. The molecule has 2 aromatic carbocycles. The van der Waals surface area contributed by atoms with Crippen LogP contribution in [0.3, 0.4) is 0 Å². The van der Waals surface area contributed by atoms with Crippen molar-refractivity contribution in [1.29, 1.82) is 0 Å². The molecule has 138 valence electrons. The van der Waals surface area contributed by atoms with Gasteiger partial charge < -0.3 is 19.7 Å². The van der Waals surface area contributed by atoms with Crippen LogP contribution in [-0.2, 0) is 4.79 Å². The zero-order valence-corrected chi connectivity index (χ0v) is 14.7. The maximum atomic E-state index is 12.2. The van der Waals surface area contributed by atoms with Gasteiger partial charge in [0.05, 0.1) is 25.1 Å². The van der Waals surface area contributed by atoms with Gasteiger partial charge in [0.1, 0.15) is 30.3 Å². The maximum Gasteiger partial charge on any atom is 0.296 e. The number of ether oxygens (including phenoxy) is 2. The smallest absolute Gasteiger partial charge is 0.296 e. The van der Waals surface area contributed by atoms with E-state index in [0.717, 1.165) is 10.6 Å². The first-order valence-electron chi connectivity index (χ1n) is 8.11. The molecule has 0 heterocycles. The lowest BCUT2D eigenvalue weighted by Crippen LogP contribution is -3.10. The molecule has 1 amide bonds. The Hall–Kier alpha value is -3.13. The highest BCUT2D eigenvalue weighted by atomic mass is 16.6. The highest BCUT2D eigenvalue weighted by Gasteiger charge is 2.19. The number of carbonyl (C=O) groups is 1. The summed E-state index contributed by atoms with van der Waals surface area (Å²) in [6.07, 6.45) is 0. The summed E-state index contributed by atoms with van der Waals surface area (Å²) < 4.78 is 10.6. The van der Waals surface area contributed by atoms with Crippen molar-refractivity contribution >= 4 is 17.3 Å². The molecule has 2 N–H and O–H groups in total. The van der Waals surface area contributed by atoms with Gasteiger partial charge in [-0.25, -0.2) is 0 Å². The van der Waals surface area contributed by atoms with Crippen molar-refractivity contribution in [3.05, 3.63) is 58.6 Å². The summed E-state index contributed by atoms with van der Waals surface area (Å²) in [7, 11) is 3.28. The fourth-order valence-electron chi connectivity index (χ4n) is 2.31. The van der Waals surface area contributed by atoms with Crippen LogP contribution in [0.15, 0.2) is 48.5 Å². The number of nitro groups is 1. The number of amides is 1. The van der Waals surface area contributed by atoms with Crippen LogP contribution in [-0.4, -0.2) is 44.7 Å². The maximum absolute atomic E-state index is 12.2. The zero-order valence-electron chi connectivity index (χ0n) is 14.7. The van der Waals surface area contributed by atoms with Gasteiger partial charge in [-0.3, -0.25) is 14.9 Å². The Kier molecular flexibility index (Phi) is 6.92. The Labute approximate surface area is 151 Å². The predicted octanol–water partition coefficient (Wildman–Crippen LogP) is 1.14. The second-order valence-corrected chi connectivity index (χ2v) is 5.73. The van der Waals surface area contributed by atoms with Crippen LogP contribution >= 0.6 is 0 Å². The molecule has 0 aromatic heterocycles. The Morgan fingerprint density at radius 1 is 1.19 bits per heavy atom. The summed E-state index contributed by atoms with van der Waals surface area (Å²) in [5.41, 5.74) is -0.0584. The summed E-state index contributed by atoms with van der Waals surface area (Å²) in [4.78, 5) is 23.7. The minimum absolute atomic E-state index is 0.147. The Morgan fingerprint density at radius 2 is 1.92 bits per heavy atom. The molecule has 0 saturated carbocycles. The van der Waals surface area contributed by atoms with E-state index in [2.05, 4.69) is 5.32 Å². The van der Waals surface area contributed by atoms with E-state index in [-0.39, 0.29) is 23.8 Å². The highest BCUT2D eigenvalue weighted by molar-refractivity contribution is 5.93. The Morgan fingerprint density at radius 3 is 2.58 bits per heavy atom. The lowest BCUT2D eigenvalue weighted by Gasteiger charge is -2.14. The number of carbonyl (C=O) groups excluding carboxylic acids is 1. The third-order valence-electron chi connectivity index (χ3n) is 3.68. The zero-order chi connectivity index (χ0) is 18.9. The first-order chi connectivity index (χ1) is 12.5. The summed E-state index contributed by atoms with van der Waals surface area (Å²) in [5, 5.41) is 13.7. The highest BCUT2D eigenvalue weighted by Crippen LogP contribution is 2.28. The van der Waals surface area contributed by atoms with Gasteiger partial charge in [-0.05, 0) is 24.3 Å². The average Bonchev–Trinajstić information content (AvgIpc) is 2.62. The number of hydrogen-bond donors (Lipinski definition) is 2. The molecule has 0 aliphatic rings. The molecule has 2 rings (SSSR count). The van der Waals surface area contributed by atoms with Crippen molar-refractivity contribution in [3.8, 4) is 11.5 Å². The van der Waals surface area contributed by atoms with Crippen LogP contribution in [0.25, 0.3) is 0 Å².